The highest BCUT2D eigenvalue weighted by molar-refractivity contribution is 7.80. The van der Waals surface area contributed by atoms with E-state index < -0.39 is 5.67 Å². The lowest BCUT2D eigenvalue weighted by atomic mass is 9.73. The first-order valence-corrected chi connectivity index (χ1v) is 21.2. The molecule has 0 amide bonds. The van der Waals surface area contributed by atoms with Gasteiger partial charge in [-0.05, 0) is 120 Å². The smallest absolute Gasteiger partial charge is 0.130 e. The normalized spacial score (nSPS) is 15.6. The van der Waals surface area contributed by atoms with Crippen molar-refractivity contribution in [3.63, 3.8) is 0 Å². The fraction of sp³-hybridized carbons (Fsp3) is 0.540. The Kier molecular flexibility index (Phi) is 21.4. The number of thiocarbonyl (C=S) groups is 1. The molecule has 0 aromatic heterocycles. The Morgan fingerprint density at radius 3 is 1.87 bits per heavy atom. The number of halogens is 1. The number of hydrogen-bond acceptors (Lipinski definition) is 1. The molecule has 3 aromatic carbocycles. The van der Waals surface area contributed by atoms with Crippen LogP contribution in [0.5, 0.6) is 0 Å². The summed E-state index contributed by atoms with van der Waals surface area (Å²) in [6, 6.07) is 23.6. The molecule has 0 bridgehead atoms. The number of aryl methyl sites for hydroxylation is 1. The van der Waals surface area contributed by atoms with E-state index in [4.69, 9.17) is 12.2 Å². The molecule has 0 saturated carbocycles. The summed E-state index contributed by atoms with van der Waals surface area (Å²) in [6.07, 6.45) is 12.1. The fourth-order valence-electron chi connectivity index (χ4n) is 6.75. The summed E-state index contributed by atoms with van der Waals surface area (Å²) >= 11 is 5.91. The minimum Gasteiger partial charge on any atom is -0.373 e. The number of allylic oxidation sites excluding steroid dienone is 3. The van der Waals surface area contributed by atoms with Gasteiger partial charge >= 0.3 is 0 Å². The Morgan fingerprint density at radius 2 is 1.38 bits per heavy atom. The van der Waals surface area contributed by atoms with Crippen molar-refractivity contribution >= 4 is 17.2 Å². The number of hydrogen-bond donors (Lipinski definition) is 1. The standard InChI is InChI=1S/C28H43NS.C18H21F.2C2H6/c1-9-12-24-22(10-2)16-15-20(5)17-26(24)29-27(30)18-23-13-11-14-25(21(23)6)28(7,8)19(3)4;1-4-14-5-7-15(8-6-14)13-16-9-11-17(12-10-16)18(2,3)19;2*1-2/h11,13-16,19-20,26H,9-10,12,17-18H2,1-8H3,(H,29,30);5-12H,4,13H2,1-3H3;2*1-2H3. The van der Waals surface area contributed by atoms with Gasteiger partial charge in [-0.15, -0.1) is 0 Å². The molecule has 0 radical (unpaired) electrons. The molecule has 2 atom stereocenters. The van der Waals surface area contributed by atoms with Crippen LogP contribution in [0.1, 0.15) is 162 Å². The van der Waals surface area contributed by atoms with Crippen LogP contribution in [0.15, 0.2) is 90.0 Å². The van der Waals surface area contributed by atoms with Crippen molar-refractivity contribution in [1.82, 2.24) is 5.32 Å². The monoisotopic (exact) mass is 742 g/mol. The second-order valence-corrected chi connectivity index (χ2v) is 16.0. The van der Waals surface area contributed by atoms with Crippen LogP contribution in [0.3, 0.4) is 0 Å². The highest BCUT2D eigenvalue weighted by Crippen LogP contribution is 2.35. The van der Waals surface area contributed by atoms with Gasteiger partial charge < -0.3 is 5.32 Å². The van der Waals surface area contributed by atoms with Crippen LogP contribution in [-0.2, 0) is 30.3 Å². The molecule has 4 rings (SSSR count). The van der Waals surface area contributed by atoms with E-state index >= 15 is 0 Å². The number of benzene rings is 3. The topological polar surface area (TPSA) is 12.0 Å². The summed E-state index contributed by atoms with van der Waals surface area (Å²) in [5.41, 5.74) is 10.8. The van der Waals surface area contributed by atoms with Gasteiger partial charge in [0.15, 0.2) is 0 Å². The molecule has 1 aliphatic rings. The second kappa shape index (κ2) is 23.7. The van der Waals surface area contributed by atoms with Crippen LogP contribution in [0, 0.1) is 18.8 Å². The van der Waals surface area contributed by atoms with E-state index in [2.05, 4.69) is 122 Å². The van der Waals surface area contributed by atoms with E-state index in [-0.39, 0.29) is 5.41 Å². The summed E-state index contributed by atoms with van der Waals surface area (Å²) in [6.45, 7) is 31.8. The Balaban J connectivity index is 0.000000523. The van der Waals surface area contributed by atoms with E-state index in [9.17, 15) is 4.39 Å². The summed E-state index contributed by atoms with van der Waals surface area (Å²) < 4.78 is 13.8. The van der Waals surface area contributed by atoms with Crippen LogP contribution in [0.25, 0.3) is 0 Å². The molecule has 1 aliphatic carbocycles. The van der Waals surface area contributed by atoms with Gasteiger partial charge in [-0.1, -0.05) is 181 Å². The molecule has 53 heavy (non-hydrogen) atoms. The van der Waals surface area contributed by atoms with Gasteiger partial charge in [-0.3, -0.25) is 0 Å². The van der Waals surface area contributed by atoms with Crippen LogP contribution in [-0.4, -0.2) is 11.0 Å². The summed E-state index contributed by atoms with van der Waals surface area (Å²) in [4.78, 5) is 0.973. The van der Waals surface area contributed by atoms with Crippen LogP contribution in [0.4, 0.5) is 4.39 Å². The van der Waals surface area contributed by atoms with Crippen molar-refractivity contribution < 1.29 is 4.39 Å². The zero-order valence-corrected chi connectivity index (χ0v) is 37.3. The number of alkyl halides is 1. The first-order chi connectivity index (χ1) is 25.1. The molecule has 3 aromatic rings. The molecular weight excluding hydrogens is 666 g/mol. The zero-order chi connectivity index (χ0) is 40.4. The Morgan fingerprint density at radius 1 is 0.830 bits per heavy atom. The van der Waals surface area contributed by atoms with E-state index in [1.54, 1.807) is 19.4 Å². The predicted molar refractivity (Wildman–Crippen MR) is 239 cm³/mol. The predicted octanol–water partition coefficient (Wildman–Crippen LogP) is 15.0. The summed E-state index contributed by atoms with van der Waals surface area (Å²) in [5, 5.41) is 3.78. The van der Waals surface area contributed by atoms with Gasteiger partial charge in [0.1, 0.15) is 5.67 Å². The lowest BCUT2D eigenvalue weighted by Gasteiger charge is -2.32. The summed E-state index contributed by atoms with van der Waals surface area (Å²) in [5.74, 6) is 1.16. The van der Waals surface area contributed by atoms with E-state index in [0.717, 1.165) is 49.1 Å². The van der Waals surface area contributed by atoms with Gasteiger partial charge in [0.25, 0.3) is 0 Å². The van der Waals surface area contributed by atoms with E-state index in [1.807, 2.05) is 52.0 Å². The maximum absolute atomic E-state index is 13.8. The second-order valence-electron chi connectivity index (χ2n) is 15.5. The van der Waals surface area contributed by atoms with Crippen molar-refractivity contribution in [2.75, 3.05) is 0 Å². The van der Waals surface area contributed by atoms with E-state index in [1.165, 1.54) is 45.4 Å². The SMILES string of the molecule is CC.CC.CCCC1=C(CC)C=CC(C)CC1NC(=S)Cc1cccc(C(C)(C)C(C)C)c1C.CCc1ccc(Cc2ccc(C(C)(C)F)cc2)cc1. The molecule has 0 heterocycles. The lowest BCUT2D eigenvalue weighted by molar-refractivity contribution is 0.221. The van der Waals surface area contributed by atoms with Crippen molar-refractivity contribution in [1.29, 1.82) is 0 Å². The van der Waals surface area contributed by atoms with Gasteiger partial charge in [-0.25, -0.2) is 4.39 Å². The highest BCUT2D eigenvalue weighted by Gasteiger charge is 2.27. The maximum Gasteiger partial charge on any atom is 0.130 e. The number of rotatable bonds is 12. The maximum atomic E-state index is 13.8. The van der Waals surface area contributed by atoms with Crippen LogP contribution in [0.2, 0.25) is 0 Å². The largest absolute Gasteiger partial charge is 0.373 e. The average molecular weight is 742 g/mol. The molecular formula is C50H76FNS. The fourth-order valence-corrected chi connectivity index (χ4v) is 7.05. The van der Waals surface area contributed by atoms with Crippen LogP contribution >= 0.6 is 12.2 Å². The number of nitrogens with one attached hydrogen (secondary N) is 1. The third-order valence-electron chi connectivity index (χ3n) is 10.7. The van der Waals surface area contributed by atoms with Crippen molar-refractivity contribution in [3.8, 4) is 0 Å². The molecule has 3 heteroatoms. The van der Waals surface area contributed by atoms with Gasteiger partial charge in [-0.2, -0.15) is 0 Å². The molecule has 1 N–H and O–H groups in total. The van der Waals surface area contributed by atoms with E-state index in [0.29, 0.717) is 17.9 Å². The third-order valence-corrected chi connectivity index (χ3v) is 11.0. The highest BCUT2D eigenvalue weighted by atomic mass is 32.1. The lowest BCUT2D eigenvalue weighted by Crippen LogP contribution is -2.37. The molecule has 2 unspecified atom stereocenters. The third kappa shape index (κ3) is 15.0. The van der Waals surface area contributed by atoms with Crippen LogP contribution < -0.4 is 5.32 Å². The van der Waals surface area contributed by atoms with Gasteiger partial charge in [0.05, 0.1) is 4.99 Å². The Hall–Kier alpha value is -3.04. The Bertz CT molecular complexity index is 1550. The first kappa shape index (κ1) is 48.0. The molecule has 294 valence electrons. The molecule has 0 saturated heterocycles. The minimum absolute atomic E-state index is 0.157. The molecule has 1 nitrogen and oxygen atoms in total. The first-order valence-electron chi connectivity index (χ1n) is 20.7. The molecule has 0 spiro atoms. The minimum atomic E-state index is -1.26. The van der Waals surface area contributed by atoms with Crippen molar-refractivity contribution in [3.05, 3.63) is 129 Å². The summed E-state index contributed by atoms with van der Waals surface area (Å²) in [7, 11) is 0. The van der Waals surface area contributed by atoms with Gasteiger partial charge in [0.2, 0.25) is 0 Å². The quantitative estimate of drug-likeness (QED) is 0.186. The van der Waals surface area contributed by atoms with Crippen molar-refractivity contribution in [2.24, 2.45) is 11.8 Å². The van der Waals surface area contributed by atoms with Gasteiger partial charge in [0, 0.05) is 12.5 Å². The average Bonchev–Trinajstić information content (AvgIpc) is 3.28. The molecule has 0 aliphatic heterocycles. The molecule has 0 fully saturated rings. The zero-order valence-electron chi connectivity index (χ0n) is 36.5. The Labute approximate surface area is 332 Å². The van der Waals surface area contributed by atoms with Crippen molar-refractivity contribution in [2.45, 2.75) is 166 Å².